The van der Waals surface area contributed by atoms with Gasteiger partial charge in [0, 0.05) is 24.6 Å². The maximum Gasteiger partial charge on any atom is 0.250 e. The van der Waals surface area contributed by atoms with Crippen molar-refractivity contribution in [2.75, 3.05) is 13.1 Å². The van der Waals surface area contributed by atoms with Gasteiger partial charge in [0.1, 0.15) is 0 Å². The third-order valence-corrected chi connectivity index (χ3v) is 5.89. The summed E-state index contributed by atoms with van der Waals surface area (Å²) in [5.41, 5.74) is 2.22. The van der Waals surface area contributed by atoms with Crippen molar-refractivity contribution in [3.63, 3.8) is 0 Å². The molecule has 3 nitrogen and oxygen atoms in total. The molecule has 1 heterocycles. The molecule has 2 fully saturated rings. The van der Waals surface area contributed by atoms with Crippen LogP contribution in [0.3, 0.4) is 0 Å². The van der Waals surface area contributed by atoms with Crippen molar-refractivity contribution in [1.82, 2.24) is 4.90 Å². The SMILES string of the molecule is O=C1C2=CC=C(Br)CC2CN1CC1CC(OCc2ccccc2)C1. The molecule has 0 N–H and O–H groups in total. The van der Waals surface area contributed by atoms with Gasteiger partial charge in [-0.05, 0) is 35.2 Å². The second-order valence-corrected chi connectivity index (χ2v) is 8.12. The Balaban J connectivity index is 1.22. The van der Waals surface area contributed by atoms with E-state index >= 15 is 0 Å². The number of ether oxygens (including phenoxy) is 1. The third kappa shape index (κ3) is 3.35. The molecule has 0 bridgehead atoms. The highest BCUT2D eigenvalue weighted by molar-refractivity contribution is 9.11. The maximum absolute atomic E-state index is 12.5. The van der Waals surface area contributed by atoms with Gasteiger partial charge in [0.05, 0.1) is 12.7 Å². The van der Waals surface area contributed by atoms with Gasteiger partial charge in [-0.3, -0.25) is 4.79 Å². The summed E-state index contributed by atoms with van der Waals surface area (Å²) in [6.07, 6.45) is 7.47. The largest absolute Gasteiger partial charge is 0.374 e. The van der Waals surface area contributed by atoms with Gasteiger partial charge in [-0.25, -0.2) is 0 Å². The minimum Gasteiger partial charge on any atom is -0.374 e. The van der Waals surface area contributed by atoms with Crippen molar-refractivity contribution in [2.45, 2.75) is 32.0 Å². The first kappa shape index (κ1) is 16.1. The molecule has 24 heavy (non-hydrogen) atoms. The Morgan fingerprint density at radius 1 is 1.17 bits per heavy atom. The maximum atomic E-state index is 12.5. The number of fused-ring (bicyclic) bond motifs is 1. The molecule has 1 aromatic carbocycles. The van der Waals surface area contributed by atoms with Gasteiger partial charge in [0.15, 0.2) is 0 Å². The highest BCUT2D eigenvalue weighted by atomic mass is 79.9. The molecule has 1 saturated carbocycles. The summed E-state index contributed by atoms with van der Waals surface area (Å²) in [6.45, 7) is 2.45. The van der Waals surface area contributed by atoms with E-state index in [0.29, 0.717) is 24.5 Å². The lowest BCUT2D eigenvalue weighted by Gasteiger charge is -2.37. The minimum atomic E-state index is 0.241. The van der Waals surface area contributed by atoms with Crippen LogP contribution in [0, 0.1) is 11.8 Å². The van der Waals surface area contributed by atoms with E-state index in [2.05, 4.69) is 28.1 Å². The number of rotatable bonds is 5. The van der Waals surface area contributed by atoms with E-state index in [9.17, 15) is 4.79 Å². The Bertz CT molecular complexity index is 676. The van der Waals surface area contributed by atoms with Gasteiger partial charge >= 0.3 is 0 Å². The van der Waals surface area contributed by atoms with Crippen LogP contribution in [-0.2, 0) is 16.1 Å². The summed E-state index contributed by atoms with van der Waals surface area (Å²) < 4.78 is 7.16. The van der Waals surface area contributed by atoms with E-state index in [4.69, 9.17) is 4.74 Å². The standard InChI is InChI=1S/C20H22BrNO2/c21-17-6-7-19-16(10-17)12-22(20(19)23)11-15-8-18(9-15)24-13-14-4-2-1-3-5-14/h1-7,15-16,18H,8-13H2. The van der Waals surface area contributed by atoms with Crippen molar-refractivity contribution >= 4 is 21.8 Å². The zero-order valence-corrected chi connectivity index (χ0v) is 15.2. The van der Waals surface area contributed by atoms with E-state index in [0.717, 1.165) is 37.9 Å². The van der Waals surface area contributed by atoms with Crippen LogP contribution in [0.25, 0.3) is 0 Å². The predicted octanol–water partition coefficient (Wildman–Crippen LogP) is 4.05. The topological polar surface area (TPSA) is 29.5 Å². The number of carbonyl (C=O) groups is 1. The second kappa shape index (κ2) is 6.85. The van der Waals surface area contributed by atoms with Crippen LogP contribution >= 0.6 is 15.9 Å². The summed E-state index contributed by atoms with van der Waals surface area (Å²) in [7, 11) is 0. The lowest BCUT2D eigenvalue weighted by Crippen LogP contribution is -2.40. The molecule has 4 rings (SSSR count). The molecule has 0 radical (unpaired) electrons. The summed E-state index contributed by atoms with van der Waals surface area (Å²) in [6, 6.07) is 10.3. The first-order chi connectivity index (χ1) is 11.7. The van der Waals surface area contributed by atoms with Crippen LogP contribution in [0.2, 0.25) is 0 Å². The Morgan fingerprint density at radius 2 is 1.96 bits per heavy atom. The molecule has 3 aliphatic rings. The van der Waals surface area contributed by atoms with Gasteiger partial charge in [0.25, 0.3) is 0 Å². The first-order valence-corrected chi connectivity index (χ1v) is 9.49. The molecule has 4 heteroatoms. The van der Waals surface area contributed by atoms with Gasteiger partial charge in [-0.2, -0.15) is 0 Å². The van der Waals surface area contributed by atoms with E-state index < -0.39 is 0 Å². The molecular formula is C20H22BrNO2. The molecule has 0 spiro atoms. The van der Waals surface area contributed by atoms with Gasteiger partial charge in [-0.15, -0.1) is 0 Å². The number of amides is 1. The zero-order chi connectivity index (χ0) is 16.5. The highest BCUT2D eigenvalue weighted by Crippen LogP contribution is 2.38. The Labute approximate surface area is 151 Å². The average Bonchev–Trinajstić information content (AvgIpc) is 2.85. The summed E-state index contributed by atoms with van der Waals surface area (Å²) in [4.78, 5) is 14.5. The van der Waals surface area contributed by atoms with E-state index in [-0.39, 0.29) is 5.91 Å². The normalized spacial score (nSPS) is 29.0. The van der Waals surface area contributed by atoms with Crippen molar-refractivity contribution in [1.29, 1.82) is 0 Å². The first-order valence-electron chi connectivity index (χ1n) is 8.70. The predicted molar refractivity (Wildman–Crippen MR) is 97.5 cm³/mol. The molecule has 126 valence electrons. The molecule has 1 saturated heterocycles. The number of carbonyl (C=O) groups excluding carboxylic acids is 1. The number of hydrogen-bond acceptors (Lipinski definition) is 2. The number of likely N-dealkylation sites (tertiary alicyclic amines) is 1. The average molecular weight is 388 g/mol. The number of hydrogen-bond donors (Lipinski definition) is 0. The molecule has 1 aliphatic heterocycles. The molecule has 1 unspecified atom stereocenters. The number of benzene rings is 1. The summed E-state index contributed by atoms with van der Waals surface area (Å²) >= 11 is 3.55. The fourth-order valence-corrected chi connectivity index (χ4v) is 4.41. The van der Waals surface area contributed by atoms with Crippen molar-refractivity contribution < 1.29 is 9.53 Å². The minimum absolute atomic E-state index is 0.241. The summed E-state index contributed by atoms with van der Waals surface area (Å²) in [5.74, 6) is 1.21. The van der Waals surface area contributed by atoms with Gasteiger partial charge in [0.2, 0.25) is 5.91 Å². The Kier molecular flexibility index (Phi) is 4.59. The van der Waals surface area contributed by atoms with E-state index in [1.165, 1.54) is 10.0 Å². The molecular weight excluding hydrogens is 366 g/mol. The smallest absolute Gasteiger partial charge is 0.250 e. The lowest BCUT2D eigenvalue weighted by atomic mass is 9.82. The van der Waals surface area contributed by atoms with Crippen LogP contribution in [0.4, 0.5) is 0 Å². The molecule has 2 aliphatic carbocycles. The molecule has 1 aromatic rings. The van der Waals surface area contributed by atoms with Crippen LogP contribution in [0.1, 0.15) is 24.8 Å². The number of allylic oxidation sites excluding steroid dienone is 3. The number of halogens is 1. The highest BCUT2D eigenvalue weighted by Gasteiger charge is 2.39. The Morgan fingerprint density at radius 3 is 2.75 bits per heavy atom. The number of nitrogens with zero attached hydrogens (tertiary/aromatic N) is 1. The van der Waals surface area contributed by atoms with Crippen molar-refractivity contribution in [2.24, 2.45) is 11.8 Å². The van der Waals surface area contributed by atoms with Crippen molar-refractivity contribution in [3.05, 3.63) is 58.1 Å². The second-order valence-electron chi connectivity index (χ2n) is 7.10. The van der Waals surface area contributed by atoms with Crippen molar-refractivity contribution in [3.8, 4) is 0 Å². The monoisotopic (exact) mass is 387 g/mol. The molecule has 1 amide bonds. The fraction of sp³-hybridized carbons (Fsp3) is 0.450. The zero-order valence-electron chi connectivity index (χ0n) is 13.7. The van der Waals surface area contributed by atoms with Crippen LogP contribution in [-0.4, -0.2) is 30.0 Å². The lowest BCUT2D eigenvalue weighted by molar-refractivity contribution is -0.127. The van der Waals surface area contributed by atoms with E-state index in [1.54, 1.807) is 0 Å². The molecule has 1 atom stereocenters. The van der Waals surface area contributed by atoms with Crippen LogP contribution < -0.4 is 0 Å². The quantitative estimate of drug-likeness (QED) is 0.762. The van der Waals surface area contributed by atoms with E-state index in [1.807, 2.05) is 35.3 Å². The van der Waals surface area contributed by atoms with Crippen LogP contribution in [0.5, 0.6) is 0 Å². The van der Waals surface area contributed by atoms with Crippen LogP contribution in [0.15, 0.2) is 52.5 Å². The van der Waals surface area contributed by atoms with Gasteiger partial charge in [-0.1, -0.05) is 58.4 Å². The third-order valence-electron chi connectivity index (χ3n) is 5.30. The van der Waals surface area contributed by atoms with Gasteiger partial charge < -0.3 is 9.64 Å². The Hall–Kier alpha value is -1.39. The fourth-order valence-electron chi connectivity index (χ4n) is 3.89. The molecule has 0 aromatic heterocycles. The summed E-state index contributed by atoms with van der Waals surface area (Å²) in [5, 5.41) is 0.